The van der Waals surface area contributed by atoms with Crippen molar-refractivity contribution < 1.29 is 23.9 Å². The summed E-state index contributed by atoms with van der Waals surface area (Å²) in [5.74, 6) is -0.844. The number of nitrogens with one attached hydrogen (secondary N) is 5. The van der Waals surface area contributed by atoms with Crippen molar-refractivity contribution >= 4 is 58.3 Å². The predicted molar refractivity (Wildman–Crippen MR) is 210 cm³/mol. The molecule has 290 valence electrons. The van der Waals surface area contributed by atoms with Gasteiger partial charge in [0.1, 0.15) is 5.82 Å². The van der Waals surface area contributed by atoms with E-state index in [2.05, 4.69) is 31.1 Å². The van der Waals surface area contributed by atoms with Crippen LogP contribution in [0.5, 0.6) is 0 Å². The molecular formula is C38H51ClN10O5. The maximum atomic E-state index is 12.8. The summed E-state index contributed by atoms with van der Waals surface area (Å²) in [7, 11) is 7.06. The van der Waals surface area contributed by atoms with E-state index in [1.165, 1.54) is 7.05 Å². The van der Waals surface area contributed by atoms with Gasteiger partial charge in [0.15, 0.2) is 18.3 Å². The van der Waals surface area contributed by atoms with Gasteiger partial charge in [-0.1, -0.05) is 30.7 Å². The molecular weight excluding hydrogens is 712 g/mol. The lowest BCUT2D eigenvalue weighted by molar-refractivity contribution is -0.135. The molecule has 0 aromatic heterocycles. The van der Waals surface area contributed by atoms with Gasteiger partial charge in [-0.3, -0.25) is 24.5 Å². The van der Waals surface area contributed by atoms with Crippen molar-refractivity contribution in [1.29, 1.82) is 5.41 Å². The molecule has 3 heterocycles. The smallest absolute Gasteiger partial charge is 0.288 e. The number of ether oxygens (including phenoxy) is 1. The number of likely N-dealkylation sites (tertiary alicyclic amines) is 1. The van der Waals surface area contributed by atoms with Gasteiger partial charge in [-0.2, -0.15) is 4.99 Å². The van der Waals surface area contributed by atoms with E-state index >= 15 is 0 Å². The number of fused-ring (bicyclic) bond motifs is 1. The molecule has 2 saturated heterocycles. The minimum atomic E-state index is -0.657. The van der Waals surface area contributed by atoms with Crippen LogP contribution in [0.3, 0.4) is 0 Å². The summed E-state index contributed by atoms with van der Waals surface area (Å²) >= 11 is 6.67. The average molecular weight is 763 g/mol. The minimum Gasteiger partial charge on any atom is -0.478 e. The highest BCUT2D eigenvalue weighted by Crippen LogP contribution is 2.31. The molecule has 3 atom stereocenters. The first kappa shape index (κ1) is 39.9. The maximum absolute atomic E-state index is 12.8. The van der Waals surface area contributed by atoms with Gasteiger partial charge in [-0.25, -0.2) is 0 Å². The highest BCUT2D eigenvalue weighted by Gasteiger charge is 2.35. The Labute approximate surface area is 321 Å². The molecule has 3 aliphatic heterocycles. The van der Waals surface area contributed by atoms with Crippen LogP contribution in [0.2, 0.25) is 0 Å². The summed E-state index contributed by atoms with van der Waals surface area (Å²) in [5, 5.41) is 20.6. The van der Waals surface area contributed by atoms with Crippen LogP contribution in [0, 0.1) is 23.2 Å². The molecule has 54 heavy (non-hydrogen) atoms. The van der Waals surface area contributed by atoms with E-state index in [9.17, 15) is 19.2 Å². The summed E-state index contributed by atoms with van der Waals surface area (Å²) in [5.41, 5.74) is 9.91. The van der Waals surface area contributed by atoms with Crippen LogP contribution in [0.4, 0.5) is 11.4 Å². The van der Waals surface area contributed by atoms with Crippen LogP contribution in [-0.4, -0.2) is 106 Å². The van der Waals surface area contributed by atoms with Crippen molar-refractivity contribution in [2.45, 2.75) is 45.1 Å². The van der Waals surface area contributed by atoms with E-state index < -0.39 is 11.8 Å². The Morgan fingerprint density at radius 3 is 2.57 bits per heavy atom. The summed E-state index contributed by atoms with van der Waals surface area (Å²) in [4.78, 5) is 59.2. The van der Waals surface area contributed by atoms with Gasteiger partial charge in [0.05, 0.1) is 22.7 Å². The lowest BCUT2D eigenvalue weighted by Gasteiger charge is -2.36. The standard InChI is InChI=1S/C38H51ClN10O5/c1-6-28(39)35(44-24-7-11-30-23(17-24)18-31(37(53)48(30)5)54-21-33(51)43-3)46-38(41)49-15-13-22(14-16-49)20-47(4)25-8-9-26(29(19-25)42-2)34(40)27-10-12-32(50)45-36(27)52/h7-9,11,17-19,22-23,27,30,40,42,44H,6,10,12-16,20-21H2,1-5H3,(H2,41,46)(H,43,51)(H,45,50,52)/b35-28+,40-34?. The van der Waals surface area contributed by atoms with Crippen LogP contribution in [0.25, 0.3) is 0 Å². The molecule has 1 aromatic rings. The van der Waals surface area contributed by atoms with E-state index in [-0.39, 0.29) is 54.2 Å². The third-order valence-corrected chi connectivity index (χ3v) is 10.8. The number of aliphatic imine (C=N–C) groups is 1. The SMILES string of the molecule is CC/C(Cl)=C(\N=C(/N)N1CCC(CN(C)c2ccc(C(=N)C3CCC(=O)NC3=O)c(NC)c2)CC1)NC1=CC2C=C(OCC(=O)NC)C(=O)N(C)C2C=C1. The fourth-order valence-electron chi connectivity index (χ4n) is 7.04. The normalized spacial score (nSPS) is 22.4. The van der Waals surface area contributed by atoms with Crippen molar-refractivity contribution in [1.82, 2.24) is 25.8 Å². The van der Waals surface area contributed by atoms with E-state index in [0.717, 1.165) is 49.5 Å². The molecule has 1 aliphatic carbocycles. The number of nitrogens with zero attached hydrogens (tertiary/aromatic N) is 4. The first-order valence-corrected chi connectivity index (χ1v) is 18.6. The molecule has 1 aromatic carbocycles. The zero-order valence-corrected chi connectivity index (χ0v) is 32.3. The lowest BCUT2D eigenvalue weighted by Crippen LogP contribution is -2.46. The number of carbonyl (C=O) groups is 4. The van der Waals surface area contributed by atoms with Gasteiger partial charge in [-0.05, 0) is 62.0 Å². The molecule has 5 rings (SSSR count). The van der Waals surface area contributed by atoms with E-state index in [4.69, 9.17) is 32.5 Å². The third-order valence-electron chi connectivity index (χ3n) is 10.3. The van der Waals surface area contributed by atoms with Crippen LogP contribution in [0.1, 0.15) is 44.6 Å². The summed E-state index contributed by atoms with van der Waals surface area (Å²) in [6.07, 6.45) is 10.4. The largest absolute Gasteiger partial charge is 0.478 e. The van der Waals surface area contributed by atoms with Crippen LogP contribution < -0.4 is 31.9 Å². The van der Waals surface area contributed by atoms with Crippen molar-refractivity contribution in [3.63, 3.8) is 0 Å². The van der Waals surface area contributed by atoms with Crippen molar-refractivity contribution in [3.8, 4) is 0 Å². The van der Waals surface area contributed by atoms with Crippen molar-refractivity contribution in [3.05, 3.63) is 70.4 Å². The second-order valence-corrected chi connectivity index (χ2v) is 14.3. The number of likely N-dealkylation sites (N-methyl/N-ethyl adjacent to an activating group) is 2. The number of carbonyl (C=O) groups excluding carboxylic acids is 4. The van der Waals surface area contributed by atoms with E-state index in [1.54, 1.807) is 25.1 Å². The molecule has 0 radical (unpaired) electrons. The number of piperidine rings is 2. The van der Waals surface area contributed by atoms with Gasteiger partial charge < -0.3 is 46.5 Å². The van der Waals surface area contributed by atoms with Crippen molar-refractivity contribution in [2.24, 2.45) is 28.5 Å². The maximum Gasteiger partial charge on any atom is 0.288 e. The number of imide groups is 1. The third kappa shape index (κ3) is 9.24. The number of rotatable bonds is 13. The molecule has 0 saturated carbocycles. The van der Waals surface area contributed by atoms with Gasteiger partial charge in [0, 0.05) is 82.8 Å². The molecule has 4 amide bonds. The number of halogens is 1. The number of anilines is 2. The second-order valence-electron chi connectivity index (χ2n) is 13.9. The second kappa shape index (κ2) is 17.7. The Morgan fingerprint density at radius 1 is 1.17 bits per heavy atom. The van der Waals surface area contributed by atoms with E-state index in [1.807, 2.05) is 50.4 Å². The molecule has 7 N–H and O–H groups in total. The Hall–Kier alpha value is -5.31. The Balaban J connectivity index is 1.19. The Morgan fingerprint density at radius 2 is 1.91 bits per heavy atom. The van der Waals surface area contributed by atoms with Crippen molar-refractivity contribution in [2.75, 3.05) is 64.6 Å². The molecule has 15 nitrogen and oxygen atoms in total. The Bertz CT molecular complexity index is 1810. The monoisotopic (exact) mass is 762 g/mol. The molecule has 16 heteroatoms. The topological polar surface area (TPSA) is 198 Å². The number of hydrogen-bond donors (Lipinski definition) is 6. The zero-order valence-electron chi connectivity index (χ0n) is 31.5. The number of guanidine groups is 1. The van der Waals surface area contributed by atoms with Gasteiger partial charge in [0.25, 0.3) is 11.8 Å². The van der Waals surface area contributed by atoms with Gasteiger partial charge in [-0.15, -0.1) is 0 Å². The van der Waals surface area contributed by atoms with Gasteiger partial charge in [0.2, 0.25) is 11.8 Å². The highest BCUT2D eigenvalue weighted by molar-refractivity contribution is 6.30. The number of benzene rings is 1. The first-order chi connectivity index (χ1) is 25.8. The lowest BCUT2D eigenvalue weighted by atomic mass is 9.88. The summed E-state index contributed by atoms with van der Waals surface area (Å²) < 4.78 is 5.53. The molecule has 0 bridgehead atoms. The molecule has 0 spiro atoms. The first-order valence-electron chi connectivity index (χ1n) is 18.3. The fourth-order valence-corrected chi connectivity index (χ4v) is 7.13. The quantitative estimate of drug-likeness (QED) is 0.0988. The fraction of sp³-hybridized carbons (Fsp3) is 0.474. The summed E-state index contributed by atoms with van der Waals surface area (Å²) in [6, 6.07) is 5.62. The average Bonchev–Trinajstić information content (AvgIpc) is 3.17. The number of hydrogen-bond acceptors (Lipinski definition) is 10. The molecule has 2 fully saturated rings. The van der Waals surface area contributed by atoms with E-state index in [0.29, 0.717) is 41.1 Å². The number of allylic oxidation sites excluding steroid dienone is 2. The Kier molecular flexibility index (Phi) is 13.1. The number of amides is 4. The van der Waals surface area contributed by atoms with Crippen LogP contribution in [-0.2, 0) is 23.9 Å². The molecule has 3 unspecified atom stereocenters. The number of nitrogens with two attached hydrogens (primary N) is 1. The zero-order chi connectivity index (χ0) is 39.1. The predicted octanol–water partition coefficient (Wildman–Crippen LogP) is 2.58. The highest BCUT2D eigenvalue weighted by atomic mass is 35.5. The van der Waals surface area contributed by atoms with Crippen LogP contribution >= 0.6 is 11.6 Å². The van der Waals surface area contributed by atoms with Gasteiger partial charge >= 0.3 is 0 Å². The van der Waals surface area contributed by atoms with Crippen LogP contribution in [0.15, 0.2) is 69.8 Å². The molecule has 4 aliphatic rings. The minimum absolute atomic E-state index is 0.122. The summed E-state index contributed by atoms with van der Waals surface area (Å²) in [6.45, 7) is 3.96.